The Morgan fingerprint density at radius 3 is 2.86 bits per heavy atom. The maximum Gasteiger partial charge on any atom is 0.253 e. The van der Waals surface area contributed by atoms with Gasteiger partial charge in [-0.15, -0.1) is 0 Å². The van der Waals surface area contributed by atoms with Crippen LogP contribution < -0.4 is 10.6 Å². The van der Waals surface area contributed by atoms with E-state index in [1.54, 1.807) is 18.5 Å². The number of amides is 1. The number of aromatic nitrogens is 1. The molecule has 0 atom stereocenters. The molecule has 1 aromatic heterocycles. The summed E-state index contributed by atoms with van der Waals surface area (Å²) in [5.74, 6) is -0.0251. The van der Waals surface area contributed by atoms with Crippen LogP contribution in [0.3, 0.4) is 0 Å². The number of hydrogen-bond donors (Lipinski definition) is 2. The van der Waals surface area contributed by atoms with Crippen LogP contribution in [-0.2, 0) is 0 Å². The highest BCUT2D eigenvalue weighted by molar-refractivity contribution is 5.99. The monoisotopic (exact) mass is 290 g/mol. The quantitative estimate of drug-likeness (QED) is 0.731. The average molecular weight is 290 g/mol. The van der Waals surface area contributed by atoms with Crippen molar-refractivity contribution in [2.75, 3.05) is 31.5 Å². The maximum absolute atomic E-state index is 12.3. The Morgan fingerprint density at radius 2 is 2.19 bits per heavy atom. The van der Waals surface area contributed by atoms with Crippen molar-refractivity contribution in [3.63, 3.8) is 0 Å². The van der Waals surface area contributed by atoms with Gasteiger partial charge in [0.05, 0.1) is 17.4 Å². The van der Waals surface area contributed by atoms with E-state index in [2.05, 4.69) is 34.4 Å². The first-order valence-corrected chi connectivity index (χ1v) is 7.96. The number of nitrogens with one attached hydrogen (secondary N) is 2. The molecule has 1 saturated carbocycles. The number of likely N-dealkylation sites (N-methyl/N-ethyl adjacent to an activating group) is 1. The summed E-state index contributed by atoms with van der Waals surface area (Å²) >= 11 is 0. The van der Waals surface area contributed by atoms with Crippen molar-refractivity contribution in [1.29, 1.82) is 0 Å². The highest BCUT2D eigenvalue weighted by atomic mass is 16.1. The number of carbonyl (C=O) groups is 1. The topological polar surface area (TPSA) is 57.3 Å². The highest BCUT2D eigenvalue weighted by Gasteiger charge is 2.27. The minimum absolute atomic E-state index is 0.0251. The van der Waals surface area contributed by atoms with Crippen molar-refractivity contribution < 1.29 is 4.79 Å². The molecule has 2 N–H and O–H groups in total. The van der Waals surface area contributed by atoms with Crippen LogP contribution in [0.5, 0.6) is 0 Å². The summed E-state index contributed by atoms with van der Waals surface area (Å²) in [6.45, 7) is 7.79. The normalized spacial score (nSPS) is 14.2. The first-order valence-electron chi connectivity index (χ1n) is 7.96. The molecule has 0 unspecified atom stereocenters. The fourth-order valence-electron chi connectivity index (χ4n) is 2.44. The van der Waals surface area contributed by atoms with Gasteiger partial charge in [0.2, 0.25) is 0 Å². The largest absolute Gasteiger partial charge is 0.383 e. The van der Waals surface area contributed by atoms with Crippen molar-refractivity contribution in [3.8, 4) is 0 Å². The lowest BCUT2D eigenvalue weighted by molar-refractivity contribution is 0.0948. The van der Waals surface area contributed by atoms with Gasteiger partial charge in [-0.3, -0.25) is 14.7 Å². The van der Waals surface area contributed by atoms with Gasteiger partial charge >= 0.3 is 0 Å². The molecule has 1 aromatic rings. The summed E-state index contributed by atoms with van der Waals surface area (Å²) in [6, 6.07) is 2.51. The van der Waals surface area contributed by atoms with E-state index in [-0.39, 0.29) is 5.91 Å². The van der Waals surface area contributed by atoms with Gasteiger partial charge < -0.3 is 10.6 Å². The van der Waals surface area contributed by atoms with Crippen molar-refractivity contribution >= 4 is 11.6 Å². The molecule has 0 saturated heterocycles. The Hall–Kier alpha value is -1.62. The number of rotatable bonds is 9. The van der Waals surface area contributed by atoms with E-state index in [0.717, 1.165) is 37.8 Å². The molecule has 0 aliphatic heterocycles. The first kappa shape index (κ1) is 15.8. The second-order valence-electron chi connectivity index (χ2n) is 5.46. The fourth-order valence-corrected chi connectivity index (χ4v) is 2.44. The highest BCUT2D eigenvalue weighted by Crippen LogP contribution is 2.25. The molecular formula is C16H26N4O. The molecule has 116 valence electrons. The first-order chi connectivity index (χ1) is 10.3. The number of nitrogens with zero attached hydrogens (tertiary/aromatic N) is 2. The summed E-state index contributed by atoms with van der Waals surface area (Å²) in [4.78, 5) is 18.8. The van der Waals surface area contributed by atoms with Gasteiger partial charge in [0.1, 0.15) is 0 Å². The van der Waals surface area contributed by atoms with Crippen LogP contribution in [0.25, 0.3) is 0 Å². The minimum atomic E-state index is -0.0251. The molecule has 0 radical (unpaired) electrons. The summed E-state index contributed by atoms with van der Waals surface area (Å²) in [5, 5.41) is 6.26. The molecule has 1 fully saturated rings. The van der Waals surface area contributed by atoms with Gasteiger partial charge in [-0.1, -0.05) is 13.8 Å². The number of hydrogen-bond acceptors (Lipinski definition) is 4. The second-order valence-corrected chi connectivity index (χ2v) is 5.46. The van der Waals surface area contributed by atoms with E-state index in [1.807, 2.05) is 0 Å². The van der Waals surface area contributed by atoms with Crippen LogP contribution in [0.15, 0.2) is 18.5 Å². The summed E-state index contributed by atoms with van der Waals surface area (Å²) in [7, 11) is 0. The predicted octanol–water partition coefficient (Wildman–Crippen LogP) is 2.12. The van der Waals surface area contributed by atoms with E-state index >= 15 is 0 Å². The lowest BCUT2D eigenvalue weighted by Gasteiger charge is -2.20. The zero-order valence-electron chi connectivity index (χ0n) is 13.1. The molecule has 1 amide bonds. The van der Waals surface area contributed by atoms with Crippen LogP contribution in [0.4, 0.5) is 5.69 Å². The Kier molecular flexibility index (Phi) is 5.99. The van der Waals surface area contributed by atoms with Crippen molar-refractivity contribution in [1.82, 2.24) is 15.2 Å². The third-order valence-electron chi connectivity index (χ3n) is 3.79. The van der Waals surface area contributed by atoms with Gasteiger partial charge in [0.25, 0.3) is 5.91 Å². The van der Waals surface area contributed by atoms with Gasteiger partial charge in [0, 0.05) is 31.9 Å². The van der Waals surface area contributed by atoms with E-state index in [4.69, 9.17) is 0 Å². The second kappa shape index (κ2) is 7.98. The molecular weight excluding hydrogens is 264 g/mol. The van der Waals surface area contributed by atoms with E-state index < -0.39 is 0 Å². The lowest BCUT2D eigenvalue weighted by atomic mass is 10.2. The molecule has 1 aliphatic rings. The smallest absolute Gasteiger partial charge is 0.253 e. The van der Waals surface area contributed by atoms with Gasteiger partial charge in [-0.25, -0.2) is 0 Å². The zero-order chi connectivity index (χ0) is 15.1. The van der Waals surface area contributed by atoms with Crippen LogP contribution in [0, 0.1) is 0 Å². The predicted molar refractivity (Wildman–Crippen MR) is 85.6 cm³/mol. The van der Waals surface area contributed by atoms with E-state index in [1.165, 1.54) is 12.8 Å². The lowest BCUT2D eigenvalue weighted by Crippen LogP contribution is -2.36. The van der Waals surface area contributed by atoms with Gasteiger partial charge in [0.15, 0.2) is 0 Å². The molecule has 21 heavy (non-hydrogen) atoms. The average Bonchev–Trinajstić information content (AvgIpc) is 3.34. The van der Waals surface area contributed by atoms with Crippen molar-refractivity contribution in [2.24, 2.45) is 0 Å². The molecule has 0 spiro atoms. The van der Waals surface area contributed by atoms with Crippen LogP contribution in [0.1, 0.15) is 43.5 Å². The van der Waals surface area contributed by atoms with Gasteiger partial charge in [-0.2, -0.15) is 0 Å². The molecule has 5 nitrogen and oxygen atoms in total. The van der Waals surface area contributed by atoms with Gasteiger partial charge in [-0.05, 0) is 31.9 Å². The van der Waals surface area contributed by atoms with E-state index in [0.29, 0.717) is 12.1 Å². The number of carbonyl (C=O) groups excluding carboxylic acids is 1. The molecule has 1 heterocycles. The molecule has 2 rings (SSSR count). The van der Waals surface area contributed by atoms with Crippen LogP contribution in [-0.4, -0.2) is 48.0 Å². The summed E-state index contributed by atoms with van der Waals surface area (Å²) < 4.78 is 0. The Labute approximate surface area is 127 Å². The van der Waals surface area contributed by atoms with Crippen molar-refractivity contribution in [3.05, 3.63) is 24.0 Å². The summed E-state index contributed by atoms with van der Waals surface area (Å²) in [5.41, 5.74) is 1.49. The minimum Gasteiger partial charge on any atom is -0.383 e. The SMILES string of the molecule is CCCNc1cnccc1C(=O)NCCN(CC)C1CC1. The zero-order valence-corrected chi connectivity index (χ0v) is 13.1. The Bertz CT molecular complexity index is 459. The molecule has 5 heteroatoms. The third kappa shape index (κ3) is 4.70. The van der Waals surface area contributed by atoms with Crippen LogP contribution >= 0.6 is 0 Å². The molecule has 0 aromatic carbocycles. The standard InChI is InChI=1S/C16H26N4O/c1-3-8-18-15-12-17-9-7-14(15)16(21)19-10-11-20(4-2)13-5-6-13/h7,9,12-13,18H,3-6,8,10-11H2,1-2H3,(H,19,21). The third-order valence-corrected chi connectivity index (χ3v) is 3.79. The fraction of sp³-hybridized carbons (Fsp3) is 0.625. The maximum atomic E-state index is 12.3. The number of pyridine rings is 1. The van der Waals surface area contributed by atoms with Crippen molar-refractivity contribution in [2.45, 2.75) is 39.2 Å². The summed E-state index contributed by atoms with van der Waals surface area (Å²) in [6.07, 6.45) is 7.00. The Balaban J connectivity index is 1.84. The number of anilines is 1. The molecule has 0 bridgehead atoms. The Morgan fingerprint density at radius 1 is 1.38 bits per heavy atom. The van der Waals surface area contributed by atoms with E-state index in [9.17, 15) is 4.79 Å². The molecule has 1 aliphatic carbocycles. The van der Waals surface area contributed by atoms with Crippen LogP contribution in [0.2, 0.25) is 0 Å².